The van der Waals surface area contributed by atoms with Gasteiger partial charge in [0.05, 0.1) is 12.1 Å². The zero-order valence-corrected chi connectivity index (χ0v) is 11.6. The number of anilines is 2. The summed E-state index contributed by atoms with van der Waals surface area (Å²) >= 11 is 1.42. The normalized spacial score (nSPS) is 17.0. The molecule has 1 aliphatic rings. The number of nitrogen functional groups attached to an aromatic ring is 1. The van der Waals surface area contributed by atoms with Crippen molar-refractivity contribution in [2.24, 2.45) is 0 Å². The van der Waals surface area contributed by atoms with Crippen molar-refractivity contribution in [2.45, 2.75) is 6.42 Å². The highest BCUT2D eigenvalue weighted by Crippen LogP contribution is 2.17. The minimum Gasteiger partial charge on any atom is -0.375 e. The lowest BCUT2D eigenvalue weighted by Gasteiger charge is -2.31. The van der Waals surface area contributed by atoms with Crippen molar-refractivity contribution in [3.05, 3.63) is 17.0 Å². The first-order valence-corrected chi connectivity index (χ1v) is 7.04. The largest absolute Gasteiger partial charge is 0.375 e. The van der Waals surface area contributed by atoms with Crippen molar-refractivity contribution in [3.8, 4) is 0 Å². The van der Waals surface area contributed by atoms with Crippen LogP contribution in [-0.2, 0) is 6.42 Å². The first-order chi connectivity index (χ1) is 9.20. The van der Waals surface area contributed by atoms with E-state index in [0.717, 1.165) is 31.9 Å². The molecule has 7 nitrogen and oxygen atoms in total. The predicted octanol–water partition coefficient (Wildman–Crippen LogP) is 0.451. The molecule has 102 valence electrons. The molecular formula is C11H16N6OS. The number of hydrogen-bond donors (Lipinski definition) is 1. The molecule has 0 aromatic carbocycles. The van der Waals surface area contributed by atoms with Crippen LogP contribution in [0.15, 0.2) is 9.90 Å². The van der Waals surface area contributed by atoms with Crippen LogP contribution in [-0.4, -0.2) is 53.3 Å². The maximum Gasteiger partial charge on any atom is 0.266 e. The van der Waals surface area contributed by atoms with Crippen LogP contribution in [0.1, 0.15) is 11.6 Å². The van der Waals surface area contributed by atoms with Crippen LogP contribution in [0.5, 0.6) is 0 Å². The Morgan fingerprint density at radius 1 is 1.32 bits per heavy atom. The van der Waals surface area contributed by atoms with Gasteiger partial charge in [0.25, 0.3) is 5.95 Å². The molecule has 0 radical (unpaired) electrons. The third-order valence-corrected chi connectivity index (χ3v) is 3.87. The van der Waals surface area contributed by atoms with Crippen molar-refractivity contribution in [2.75, 3.05) is 43.9 Å². The van der Waals surface area contributed by atoms with E-state index in [1.54, 1.807) is 0 Å². The zero-order valence-electron chi connectivity index (χ0n) is 10.7. The lowest BCUT2D eigenvalue weighted by atomic mass is 10.3. The van der Waals surface area contributed by atoms with Crippen LogP contribution in [0.2, 0.25) is 0 Å². The van der Waals surface area contributed by atoms with Gasteiger partial charge in [0, 0.05) is 31.6 Å². The molecule has 2 aromatic rings. The Balaban J connectivity index is 1.66. The lowest BCUT2D eigenvalue weighted by Crippen LogP contribution is -2.44. The quantitative estimate of drug-likeness (QED) is 0.873. The van der Waals surface area contributed by atoms with E-state index in [0.29, 0.717) is 23.4 Å². The van der Waals surface area contributed by atoms with Gasteiger partial charge in [-0.25, -0.2) is 4.98 Å². The van der Waals surface area contributed by atoms with E-state index >= 15 is 0 Å². The molecule has 0 amide bonds. The molecule has 0 saturated carbocycles. The second-order valence-electron chi connectivity index (χ2n) is 4.63. The predicted molar refractivity (Wildman–Crippen MR) is 73.3 cm³/mol. The molecule has 3 rings (SSSR count). The summed E-state index contributed by atoms with van der Waals surface area (Å²) in [6.45, 7) is 3.90. The Bertz CT molecular complexity index is 545. The topological polar surface area (TPSA) is 84.3 Å². The molecular weight excluding hydrogens is 264 g/mol. The van der Waals surface area contributed by atoms with E-state index in [2.05, 4.69) is 32.0 Å². The molecule has 8 heteroatoms. The number of piperazine rings is 1. The molecule has 2 N–H and O–H groups in total. The summed E-state index contributed by atoms with van der Waals surface area (Å²) in [4.78, 5) is 13.0. The second kappa shape index (κ2) is 5.14. The fraction of sp³-hybridized carbons (Fsp3) is 0.545. The fourth-order valence-electron chi connectivity index (χ4n) is 2.01. The average molecular weight is 280 g/mol. The van der Waals surface area contributed by atoms with Crippen molar-refractivity contribution >= 4 is 22.4 Å². The van der Waals surface area contributed by atoms with Crippen molar-refractivity contribution < 1.29 is 4.52 Å². The Morgan fingerprint density at radius 2 is 2.11 bits per heavy atom. The summed E-state index contributed by atoms with van der Waals surface area (Å²) in [7, 11) is 2.12. The monoisotopic (exact) mass is 280 g/mol. The van der Waals surface area contributed by atoms with Gasteiger partial charge < -0.3 is 20.1 Å². The first kappa shape index (κ1) is 12.4. The smallest absolute Gasteiger partial charge is 0.266 e. The number of nitrogens with zero attached hydrogens (tertiary/aromatic N) is 5. The van der Waals surface area contributed by atoms with E-state index < -0.39 is 0 Å². The van der Waals surface area contributed by atoms with Crippen LogP contribution in [0.3, 0.4) is 0 Å². The minimum atomic E-state index is 0.536. The number of hydrogen-bond acceptors (Lipinski definition) is 8. The second-order valence-corrected chi connectivity index (χ2v) is 5.52. The van der Waals surface area contributed by atoms with Gasteiger partial charge in [-0.05, 0) is 12.2 Å². The van der Waals surface area contributed by atoms with Crippen LogP contribution in [0.4, 0.5) is 11.1 Å². The highest BCUT2D eigenvalue weighted by molar-refractivity contribution is 7.13. The number of aromatic nitrogens is 3. The van der Waals surface area contributed by atoms with Gasteiger partial charge in [-0.3, -0.25) is 0 Å². The van der Waals surface area contributed by atoms with Crippen LogP contribution < -0.4 is 10.6 Å². The number of likely N-dealkylation sites (N-methyl/N-ethyl adjacent to an activating group) is 1. The first-order valence-electron chi connectivity index (χ1n) is 6.16. The van der Waals surface area contributed by atoms with Crippen molar-refractivity contribution in [3.63, 3.8) is 0 Å². The summed E-state index contributed by atoms with van der Waals surface area (Å²) in [6, 6.07) is 0. The summed E-state index contributed by atoms with van der Waals surface area (Å²) in [6.07, 6.45) is 0.536. The summed E-state index contributed by atoms with van der Waals surface area (Å²) in [5.74, 6) is 1.26. The standard InChI is InChI=1S/C11H16N6OS/c1-16-2-4-17(5-3-16)11-14-9(18-15-11)6-8-7-19-10(12)13-8/h7H,2-6H2,1H3,(H2,12,13). The molecule has 3 heterocycles. The van der Waals surface area contributed by atoms with Gasteiger partial charge in [0.1, 0.15) is 0 Å². The van der Waals surface area contributed by atoms with Gasteiger partial charge >= 0.3 is 0 Å². The molecule has 2 aromatic heterocycles. The highest BCUT2D eigenvalue weighted by Gasteiger charge is 2.19. The van der Waals surface area contributed by atoms with Crippen LogP contribution >= 0.6 is 11.3 Å². The number of thiazole rings is 1. The average Bonchev–Trinajstić information content (AvgIpc) is 3.00. The minimum absolute atomic E-state index is 0.536. The van der Waals surface area contributed by atoms with E-state index in [4.69, 9.17) is 10.3 Å². The van der Waals surface area contributed by atoms with E-state index in [-0.39, 0.29) is 0 Å². The number of rotatable bonds is 3. The molecule has 1 aliphatic heterocycles. The van der Waals surface area contributed by atoms with E-state index in [1.807, 2.05) is 5.38 Å². The lowest BCUT2D eigenvalue weighted by molar-refractivity contribution is 0.308. The SMILES string of the molecule is CN1CCN(c2noc(Cc3csc(N)n3)n2)CC1. The number of nitrogens with two attached hydrogens (primary N) is 1. The maximum atomic E-state index is 5.60. The molecule has 19 heavy (non-hydrogen) atoms. The Hall–Kier alpha value is -1.67. The van der Waals surface area contributed by atoms with E-state index in [9.17, 15) is 0 Å². The summed E-state index contributed by atoms with van der Waals surface area (Å²) in [5, 5.41) is 6.51. The Kier molecular flexibility index (Phi) is 3.34. The molecule has 1 fully saturated rings. The van der Waals surface area contributed by atoms with Gasteiger partial charge in [-0.2, -0.15) is 4.98 Å². The van der Waals surface area contributed by atoms with E-state index in [1.165, 1.54) is 11.3 Å². The molecule has 0 unspecified atom stereocenters. The molecule has 0 aliphatic carbocycles. The Labute approximate surface area is 115 Å². The fourth-order valence-corrected chi connectivity index (χ4v) is 2.57. The molecule has 0 spiro atoms. The third kappa shape index (κ3) is 2.85. The van der Waals surface area contributed by atoms with Gasteiger partial charge in [-0.1, -0.05) is 0 Å². The van der Waals surface area contributed by atoms with Gasteiger partial charge in [0.15, 0.2) is 5.13 Å². The summed E-state index contributed by atoms with van der Waals surface area (Å²) in [5.41, 5.74) is 6.47. The van der Waals surface area contributed by atoms with Crippen molar-refractivity contribution in [1.82, 2.24) is 20.0 Å². The summed E-state index contributed by atoms with van der Waals surface area (Å²) < 4.78 is 5.27. The van der Waals surface area contributed by atoms with Gasteiger partial charge in [0.2, 0.25) is 5.89 Å². The van der Waals surface area contributed by atoms with Crippen LogP contribution in [0.25, 0.3) is 0 Å². The third-order valence-electron chi connectivity index (χ3n) is 3.15. The molecule has 1 saturated heterocycles. The highest BCUT2D eigenvalue weighted by atomic mass is 32.1. The van der Waals surface area contributed by atoms with Crippen LogP contribution in [0, 0.1) is 0 Å². The van der Waals surface area contributed by atoms with Crippen molar-refractivity contribution in [1.29, 1.82) is 0 Å². The molecule has 0 atom stereocenters. The maximum absolute atomic E-state index is 5.60. The zero-order chi connectivity index (χ0) is 13.2. The Morgan fingerprint density at radius 3 is 2.79 bits per heavy atom. The van der Waals surface area contributed by atoms with Gasteiger partial charge in [-0.15, -0.1) is 11.3 Å². The molecule has 0 bridgehead atoms.